The van der Waals surface area contributed by atoms with Crippen molar-refractivity contribution in [2.24, 2.45) is 0 Å². The van der Waals surface area contributed by atoms with Crippen LogP contribution in [0.2, 0.25) is 0 Å². The first-order chi connectivity index (χ1) is 13.9. The molecule has 0 saturated heterocycles. The van der Waals surface area contributed by atoms with E-state index in [-0.39, 0.29) is 18.0 Å². The van der Waals surface area contributed by atoms with Gasteiger partial charge in [-0.1, -0.05) is 28.1 Å². The second-order valence-corrected chi connectivity index (χ2v) is 7.40. The first-order valence-corrected chi connectivity index (χ1v) is 9.54. The number of nitrogens with one attached hydrogen (secondary N) is 1. The van der Waals surface area contributed by atoms with Crippen LogP contribution in [0.3, 0.4) is 0 Å². The van der Waals surface area contributed by atoms with Crippen LogP contribution < -0.4 is 5.32 Å². The topological polar surface area (TPSA) is 59.8 Å². The fourth-order valence-corrected chi connectivity index (χ4v) is 3.51. The lowest BCUT2D eigenvalue weighted by Crippen LogP contribution is -2.20. The summed E-state index contributed by atoms with van der Waals surface area (Å²) in [6.45, 7) is 1.69. The van der Waals surface area contributed by atoms with Gasteiger partial charge in [-0.2, -0.15) is 5.10 Å². The van der Waals surface area contributed by atoms with Crippen molar-refractivity contribution in [1.82, 2.24) is 14.8 Å². The number of carbonyl (C=O) groups is 1. The molecule has 0 aliphatic rings. The first-order valence-electron chi connectivity index (χ1n) is 8.75. The van der Waals surface area contributed by atoms with E-state index in [0.717, 1.165) is 16.5 Å². The number of aromatic nitrogens is 3. The molecule has 4 aromatic rings. The standard InChI is InChI=1S/C21H15BrF2N4O/c1-12-20-16(13-2-5-15(23)6-3-13)8-9-25-21(20)28(27-12)11-19(29)26-18-7-4-14(22)10-17(18)24/h2-10H,11H2,1H3,(H,26,29). The maximum absolute atomic E-state index is 14.0. The molecule has 2 heterocycles. The molecule has 0 saturated carbocycles. The van der Waals surface area contributed by atoms with Crippen LogP contribution in [0.15, 0.2) is 59.2 Å². The second kappa shape index (κ2) is 7.71. The number of benzene rings is 2. The predicted octanol–water partition coefficient (Wildman–Crippen LogP) is 5.09. The number of carbonyl (C=O) groups excluding carboxylic acids is 1. The number of nitrogens with zero attached hydrogens (tertiary/aromatic N) is 3. The van der Waals surface area contributed by atoms with E-state index in [1.165, 1.54) is 28.9 Å². The van der Waals surface area contributed by atoms with Gasteiger partial charge >= 0.3 is 0 Å². The normalized spacial score (nSPS) is 11.0. The zero-order valence-electron chi connectivity index (χ0n) is 15.3. The van der Waals surface area contributed by atoms with Crippen molar-refractivity contribution in [3.05, 3.63) is 76.5 Å². The van der Waals surface area contributed by atoms with Gasteiger partial charge in [0.05, 0.1) is 11.4 Å². The van der Waals surface area contributed by atoms with Crippen LogP contribution in [-0.4, -0.2) is 20.7 Å². The molecule has 2 aromatic carbocycles. The van der Waals surface area contributed by atoms with Crippen molar-refractivity contribution >= 4 is 38.6 Å². The summed E-state index contributed by atoms with van der Waals surface area (Å²) < 4.78 is 29.3. The minimum absolute atomic E-state index is 0.0892. The second-order valence-electron chi connectivity index (χ2n) is 6.48. The van der Waals surface area contributed by atoms with Crippen molar-refractivity contribution in [3.8, 4) is 11.1 Å². The highest BCUT2D eigenvalue weighted by atomic mass is 79.9. The lowest BCUT2D eigenvalue weighted by Gasteiger charge is -2.08. The zero-order valence-corrected chi connectivity index (χ0v) is 16.9. The fraction of sp³-hybridized carbons (Fsp3) is 0.0952. The summed E-state index contributed by atoms with van der Waals surface area (Å²) in [5, 5.41) is 7.76. The minimum Gasteiger partial charge on any atom is -0.322 e. The van der Waals surface area contributed by atoms with E-state index in [2.05, 4.69) is 31.3 Å². The average Bonchev–Trinajstić information content (AvgIpc) is 3.00. The third-order valence-corrected chi connectivity index (χ3v) is 4.96. The summed E-state index contributed by atoms with van der Waals surface area (Å²) in [7, 11) is 0. The van der Waals surface area contributed by atoms with Gasteiger partial charge < -0.3 is 5.32 Å². The Morgan fingerprint density at radius 3 is 2.62 bits per heavy atom. The Balaban J connectivity index is 1.66. The molecule has 1 amide bonds. The first kappa shape index (κ1) is 19.2. The number of hydrogen-bond acceptors (Lipinski definition) is 3. The number of halogens is 3. The van der Waals surface area contributed by atoms with E-state index in [4.69, 9.17) is 0 Å². The van der Waals surface area contributed by atoms with Crippen molar-refractivity contribution in [2.75, 3.05) is 5.32 Å². The molecule has 0 atom stereocenters. The van der Waals surface area contributed by atoms with Crippen LogP contribution in [0.5, 0.6) is 0 Å². The Kier molecular flexibility index (Phi) is 5.10. The maximum Gasteiger partial charge on any atom is 0.246 e. The molecule has 29 heavy (non-hydrogen) atoms. The molecule has 2 aromatic heterocycles. The highest BCUT2D eigenvalue weighted by Gasteiger charge is 2.16. The fourth-order valence-electron chi connectivity index (χ4n) is 3.18. The Bertz CT molecular complexity index is 1220. The van der Waals surface area contributed by atoms with E-state index < -0.39 is 11.7 Å². The van der Waals surface area contributed by atoms with Gasteiger partial charge in [0.15, 0.2) is 5.65 Å². The quantitative estimate of drug-likeness (QED) is 0.465. The number of aryl methyl sites for hydroxylation is 1. The summed E-state index contributed by atoms with van der Waals surface area (Å²) in [5.41, 5.74) is 2.97. The lowest BCUT2D eigenvalue weighted by atomic mass is 10.0. The molecule has 146 valence electrons. The van der Waals surface area contributed by atoms with Gasteiger partial charge in [-0.3, -0.25) is 4.79 Å². The van der Waals surface area contributed by atoms with E-state index in [9.17, 15) is 13.6 Å². The monoisotopic (exact) mass is 456 g/mol. The molecule has 5 nitrogen and oxygen atoms in total. The third kappa shape index (κ3) is 3.88. The molecule has 0 aliphatic carbocycles. The van der Waals surface area contributed by atoms with Crippen LogP contribution in [0.25, 0.3) is 22.2 Å². The Morgan fingerprint density at radius 2 is 1.90 bits per heavy atom. The van der Waals surface area contributed by atoms with Crippen LogP contribution in [-0.2, 0) is 11.3 Å². The van der Waals surface area contributed by atoms with Crippen LogP contribution in [0.4, 0.5) is 14.5 Å². The average molecular weight is 457 g/mol. The predicted molar refractivity (Wildman–Crippen MR) is 110 cm³/mol. The summed E-state index contributed by atoms with van der Waals surface area (Å²) >= 11 is 3.18. The van der Waals surface area contributed by atoms with Gasteiger partial charge in [-0.05, 0) is 54.4 Å². The molecule has 0 spiro atoms. The molecule has 1 N–H and O–H groups in total. The molecule has 8 heteroatoms. The Labute approximate surface area is 173 Å². The maximum atomic E-state index is 14.0. The van der Waals surface area contributed by atoms with Gasteiger partial charge in [0.25, 0.3) is 0 Å². The number of rotatable bonds is 4. The molecule has 0 unspecified atom stereocenters. The molecule has 0 aliphatic heterocycles. The number of pyridine rings is 1. The van der Waals surface area contributed by atoms with Gasteiger partial charge in [-0.15, -0.1) is 0 Å². The summed E-state index contributed by atoms with van der Waals surface area (Å²) in [5.74, 6) is -1.28. The van der Waals surface area contributed by atoms with E-state index in [1.54, 1.807) is 24.4 Å². The molecule has 0 radical (unpaired) electrons. The minimum atomic E-state index is -0.536. The van der Waals surface area contributed by atoms with E-state index in [0.29, 0.717) is 15.8 Å². The van der Waals surface area contributed by atoms with Crippen LogP contribution in [0.1, 0.15) is 5.69 Å². The van der Waals surface area contributed by atoms with Gasteiger partial charge in [0, 0.05) is 16.1 Å². The largest absolute Gasteiger partial charge is 0.322 e. The van der Waals surface area contributed by atoms with Crippen molar-refractivity contribution < 1.29 is 13.6 Å². The molecule has 4 rings (SSSR count). The molecule has 0 bridgehead atoms. The Morgan fingerprint density at radius 1 is 1.14 bits per heavy atom. The van der Waals surface area contributed by atoms with Gasteiger partial charge in [0.1, 0.15) is 18.2 Å². The third-order valence-electron chi connectivity index (χ3n) is 4.46. The van der Waals surface area contributed by atoms with Crippen molar-refractivity contribution in [3.63, 3.8) is 0 Å². The number of hydrogen-bond donors (Lipinski definition) is 1. The zero-order chi connectivity index (χ0) is 20.5. The van der Waals surface area contributed by atoms with Crippen LogP contribution in [0, 0.1) is 18.6 Å². The summed E-state index contributed by atoms with van der Waals surface area (Å²) in [6, 6.07) is 12.4. The Hall–Kier alpha value is -3.13. The van der Waals surface area contributed by atoms with E-state index in [1.807, 2.05) is 13.0 Å². The summed E-state index contributed by atoms with van der Waals surface area (Å²) in [4.78, 5) is 16.8. The molecular weight excluding hydrogens is 442 g/mol. The van der Waals surface area contributed by atoms with Crippen molar-refractivity contribution in [2.45, 2.75) is 13.5 Å². The molecule has 0 fully saturated rings. The van der Waals surface area contributed by atoms with Crippen molar-refractivity contribution in [1.29, 1.82) is 0 Å². The summed E-state index contributed by atoms with van der Waals surface area (Å²) in [6.07, 6.45) is 1.62. The highest BCUT2D eigenvalue weighted by molar-refractivity contribution is 9.10. The number of anilines is 1. The number of amides is 1. The van der Waals surface area contributed by atoms with Gasteiger partial charge in [0.2, 0.25) is 5.91 Å². The SMILES string of the molecule is Cc1nn(CC(=O)Nc2ccc(Br)cc2F)c2nccc(-c3ccc(F)cc3)c12. The molecular formula is C21H15BrF2N4O. The van der Waals surface area contributed by atoms with Gasteiger partial charge in [-0.25, -0.2) is 18.4 Å². The number of fused-ring (bicyclic) bond motifs is 1. The van der Waals surface area contributed by atoms with E-state index >= 15 is 0 Å². The highest BCUT2D eigenvalue weighted by Crippen LogP contribution is 2.30. The smallest absolute Gasteiger partial charge is 0.246 e. The van der Waals surface area contributed by atoms with Crippen LogP contribution >= 0.6 is 15.9 Å². The lowest BCUT2D eigenvalue weighted by molar-refractivity contribution is -0.116.